The van der Waals surface area contributed by atoms with Crippen LogP contribution in [0, 0.1) is 6.92 Å². The zero-order valence-electron chi connectivity index (χ0n) is 14.9. The van der Waals surface area contributed by atoms with Gasteiger partial charge in [-0.15, -0.1) is 0 Å². The molecule has 0 aromatic heterocycles. The van der Waals surface area contributed by atoms with E-state index in [2.05, 4.69) is 24.6 Å². The predicted molar refractivity (Wildman–Crippen MR) is 101 cm³/mol. The van der Waals surface area contributed by atoms with E-state index in [4.69, 9.17) is 16.3 Å². The van der Waals surface area contributed by atoms with Crippen molar-refractivity contribution in [2.24, 2.45) is 4.99 Å². The third kappa shape index (κ3) is 6.75. The largest absolute Gasteiger partial charge is 0.462 e. The first-order chi connectivity index (χ1) is 10.6. The second-order valence-corrected chi connectivity index (χ2v) is 12.9. The lowest BCUT2D eigenvalue weighted by molar-refractivity contribution is 0.0524. The fourth-order valence-corrected chi connectivity index (χ4v) is 2.68. The Morgan fingerprint density at radius 2 is 2.04 bits per heavy atom. The molecule has 0 amide bonds. The minimum Gasteiger partial charge on any atom is -0.462 e. The topological polar surface area (TPSA) is 41.9 Å². The van der Waals surface area contributed by atoms with Crippen LogP contribution < -0.4 is 0 Å². The molecule has 23 heavy (non-hydrogen) atoms. The molecule has 1 aromatic carbocycles. The monoisotopic (exact) mass is 354 g/mol. The number of halogens is 1. The third-order valence-electron chi connectivity index (χ3n) is 3.49. The number of esters is 1. The van der Waals surface area contributed by atoms with Crippen molar-refractivity contribution < 1.29 is 9.53 Å². The predicted octanol–water partition coefficient (Wildman–Crippen LogP) is 4.75. The van der Waals surface area contributed by atoms with Crippen molar-refractivity contribution in [2.75, 3.05) is 20.2 Å². The summed E-state index contributed by atoms with van der Waals surface area (Å²) in [6.07, 6.45) is 1.73. The summed E-state index contributed by atoms with van der Waals surface area (Å²) in [5.74, 6) is -0.316. The highest BCUT2D eigenvalue weighted by Gasteiger charge is 2.17. The van der Waals surface area contributed by atoms with E-state index in [-0.39, 0.29) is 5.97 Å². The Labute approximate surface area is 145 Å². The molecule has 1 rings (SSSR count). The number of hydrogen-bond donors (Lipinski definition) is 0. The van der Waals surface area contributed by atoms with Crippen LogP contribution in [0.5, 0.6) is 0 Å². The molecule has 0 atom stereocenters. The van der Waals surface area contributed by atoms with Crippen molar-refractivity contribution in [1.29, 1.82) is 0 Å². The molecule has 4 nitrogen and oxygen atoms in total. The van der Waals surface area contributed by atoms with Crippen LogP contribution in [0.1, 0.15) is 22.8 Å². The molecule has 0 N–H and O–H groups in total. The molecular formula is C17H27ClN2O2Si. The van der Waals surface area contributed by atoms with Gasteiger partial charge >= 0.3 is 5.97 Å². The molecule has 0 saturated heterocycles. The first-order valence-corrected chi connectivity index (χ1v) is 11.9. The Morgan fingerprint density at radius 3 is 2.61 bits per heavy atom. The van der Waals surface area contributed by atoms with E-state index in [9.17, 15) is 4.79 Å². The Kier molecular flexibility index (Phi) is 7.29. The number of aliphatic imine (C=N–C) groups is 1. The number of nitrogens with zero attached hydrogens (tertiary/aromatic N) is 2. The minimum absolute atomic E-state index is 0.316. The van der Waals surface area contributed by atoms with Crippen LogP contribution in [-0.4, -0.2) is 45.5 Å². The summed E-state index contributed by atoms with van der Waals surface area (Å²) in [5, 5.41) is 0.452. The van der Waals surface area contributed by atoms with Crippen molar-refractivity contribution in [2.45, 2.75) is 39.5 Å². The van der Waals surface area contributed by atoms with Gasteiger partial charge in [-0.25, -0.2) is 9.79 Å². The van der Waals surface area contributed by atoms with Crippen molar-refractivity contribution in [1.82, 2.24) is 4.90 Å². The molecule has 0 heterocycles. The number of carbonyl (C=O) groups excluding carboxylic acids is 1. The second-order valence-electron chi connectivity index (χ2n) is 6.88. The average Bonchev–Trinajstić information content (AvgIpc) is 2.45. The Balaban J connectivity index is 2.83. The molecule has 0 unspecified atom stereocenters. The zero-order chi connectivity index (χ0) is 17.6. The molecule has 0 aliphatic carbocycles. The van der Waals surface area contributed by atoms with E-state index in [1.807, 2.05) is 31.9 Å². The van der Waals surface area contributed by atoms with Crippen molar-refractivity contribution >= 4 is 37.7 Å². The lowest BCUT2D eigenvalue weighted by atomic mass is 10.1. The van der Waals surface area contributed by atoms with Gasteiger partial charge < -0.3 is 9.64 Å². The number of hydrogen-bond acceptors (Lipinski definition) is 3. The number of carbonyl (C=O) groups is 1. The fourth-order valence-electron chi connectivity index (χ4n) is 1.76. The zero-order valence-corrected chi connectivity index (χ0v) is 16.7. The number of rotatable bonds is 7. The van der Waals surface area contributed by atoms with Gasteiger partial charge in [-0.3, -0.25) is 0 Å². The maximum Gasteiger partial charge on any atom is 0.338 e. The smallest absolute Gasteiger partial charge is 0.338 e. The van der Waals surface area contributed by atoms with E-state index < -0.39 is 8.07 Å². The van der Waals surface area contributed by atoms with Gasteiger partial charge in [-0.2, -0.15) is 0 Å². The first-order valence-electron chi connectivity index (χ1n) is 7.85. The highest BCUT2D eigenvalue weighted by Crippen LogP contribution is 2.28. The van der Waals surface area contributed by atoms with Crippen molar-refractivity contribution in [3.05, 3.63) is 28.3 Å². The third-order valence-corrected chi connectivity index (χ3v) is 5.50. The lowest BCUT2D eigenvalue weighted by Crippen LogP contribution is -2.22. The second kappa shape index (κ2) is 8.50. The molecule has 0 radical (unpaired) electrons. The minimum atomic E-state index is -1.21. The number of benzene rings is 1. The van der Waals surface area contributed by atoms with Crippen LogP contribution in [0.15, 0.2) is 17.1 Å². The van der Waals surface area contributed by atoms with Crippen LogP contribution in [-0.2, 0) is 4.74 Å². The van der Waals surface area contributed by atoms with Gasteiger partial charge in [0.1, 0.15) is 0 Å². The molecule has 0 bridgehead atoms. The van der Waals surface area contributed by atoms with Gasteiger partial charge in [0.25, 0.3) is 0 Å². The fraction of sp³-hybridized carbons (Fsp3) is 0.529. The molecule has 0 spiro atoms. The van der Waals surface area contributed by atoms with E-state index in [1.165, 1.54) is 0 Å². The van der Waals surface area contributed by atoms with Crippen LogP contribution in [0.2, 0.25) is 30.7 Å². The summed E-state index contributed by atoms with van der Waals surface area (Å²) in [6, 6.07) is 4.42. The summed E-state index contributed by atoms with van der Waals surface area (Å²) in [4.78, 5) is 18.5. The van der Waals surface area contributed by atoms with Gasteiger partial charge in [0.05, 0.1) is 29.2 Å². The van der Waals surface area contributed by atoms with Crippen LogP contribution in [0.25, 0.3) is 0 Å². The molecule has 0 fully saturated rings. The molecular weight excluding hydrogens is 328 g/mol. The maximum absolute atomic E-state index is 12.2. The summed E-state index contributed by atoms with van der Waals surface area (Å²) in [6.45, 7) is 12.0. The lowest BCUT2D eigenvalue weighted by Gasteiger charge is -2.16. The summed E-state index contributed by atoms with van der Waals surface area (Å²) in [7, 11) is 0.728. The van der Waals surface area contributed by atoms with Gasteiger partial charge in [-0.1, -0.05) is 31.2 Å². The molecule has 1 aromatic rings. The van der Waals surface area contributed by atoms with E-state index >= 15 is 0 Å². The standard InChI is InChI=1S/C17H27ClN2O2Si/c1-7-20(3)12-19-16-10-13(2)14(11-15(16)18)17(21)22-8-9-23(4,5)6/h10-12H,7-9H2,1-6H3. The summed E-state index contributed by atoms with van der Waals surface area (Å²) >= 11 is 6.25. The Morgan fingerprint density at radius 1 is 1.39 bits per heavy atom. The highest BCUT2D eigenvalue weighted by atomic mass is 35.5. The van der Waals surface area contributed by atoms with Crippen LogP contribution >= 0.6 is 11.6 Å². The van der Waals surface area contributed by atoms with Crippen LogP contribution in [0.4, 0.5) is 5.69 Å². The Hall–Kier alpha value is -1.33. The van der Waals surface area contributed by atoms with Gasteiger partial charge in [0.2, 0.25) is 0 Å². The van der Waals surface area contributed by atoms with Gasteiger partial charge in [0, 0.05) is 21.7 Å². The molecule has 128 valence electrons. The van der Waals surface area contributed by atoms with Crippen LogP contribution in [0.3, 0.4) is 0 Å². The van der Waals surface area contributed by atoms with E-state index in [1.54, 1.807) is 12.4 Å². The highest BCUT2D eigenvalue weighted by molar-refractivity contribution is 6.76. The Bertz CT molecular complexity index is 583. The SMILES string of the molecule is CCN(C)C=Nc1cc(C)c(C(=O)OCC[Si](C)(C)C)cc1Cl. The average molecular weight is 355 g/mol. The first kappa shape index (κ1) is 19.7. The molecule has 6 heteroatoms. The maximum atomic E-state index is 12.2. The van der Waals surface area contributed by atoms with E-state index in [0.717, 1.165) is 18.2 Å². The normalized spacial score (nSPS) is 11.8. The quantitative estimate of drug-likeness (QED) is 0.307. The molecule has 0 saturated carbocycles. The van der Waals surface area contributed by atoms with E-state index in [0.29, 0.717) is 22.9 Å². The summed E-state index contributed by atoms with van der Waals surface area (Å²) < 4.78 is 5.39. The number of aryl methyl sites for hydroxylation is 1. The molecule has 0 aliphatic heterocycles. The summed E-state index contributed by atoms with van der Waals surface area (Å²) in [5.41, 5.74) is 1.98. The molecule has 0 aliphatic rings. The van der Waals surface area contributed by atoms with Gasteiger partial charge in [-0.05, 0) is 37.6 Å². The number of ether oxygens (including phenoxy) is 1. The van der Waals surface area contributed by atoms with Crippen molar-refractivity contribution in [3.63, 3.8) is 0 Å². The van der Waals surface area contributed by atoms with Crippen molar-refractivity contribution in [3.8, 4) is 0 Å². The van der Waals surface area contributed by atoms with Gasteiger partial charge in [0.15, 0.2) is 0 Å².